The molecule has 6 heteroatoms. The van der Waals surface area contributed by atoms with Gasteiger partial charge in [0.1, 0.15) is 0 Å². The molecule has 0 saturated carbocycles. The molecule has 2 aromatic carbocycles. The Balaban J connectivity index is 2.24. The third-order valence-electron chi connectivity index (χ3n) is 3.36. The van der Waals surface area contributed by atoms with Crippen molar-refractivity contribution < 1.29 is 9.59 Å². The average Bonchev–Trinajstić information content (AvgIpc) is 2.89. The fraction of sp³-hybridized carbons (Fsp3) is 0. The first-order chi connectivity index (χ1) is 10.5. The third kappa shape index (κ3) is 2.50. The summed E-state index contributed by atoms with van der Waals surface area (Å²) in [5.41, 5.74) is 6.71. The smallest absolute Gasteiger partial charge is 0.263 e. The quantitative estimate of drug-likeness (QED) is 0.638. The Labute approximate surface area is 145 Å². The summed E-state index contributed by atoms with van der Waals surface area (Å²) in [5.74, 6) is -0.872. The van der Waals surface area contributed by atoms with Gasteiger partial charge in [0.25, 0.3) is 11.8 Å². The zero-order chi connectivity index (χ0) is 15.9. The van der Waals surface area contributed by atoms with Crippen LogP contribution in [0.4, 0.5) is 0 Å². The van der Waals surface area contributed by atoms with Crippen LogP contribution in [0.3, 0.4) is 0 Å². The van der Waals surface area contributed by atoms with Gasteiger partial charge in [-0.25, -0.2) is 0 Å². The highest BCUT2D eigenvalue weighted by Gasteiger charge is 2.19. The highest BCUT2D eigenvalue weighted by Crippen LogP contribution is 2.25. The van der Waals surface area contributed by atoms with Crippen LogP contribution in [-0.2, 0) is 0 Å². The standard InChI is InChI=1S/C16H10ClIN2O2/c17-13-6-5-9(18)7-11(13)16(22)20-8-12(15(19)21)10-3-1-2-4-14(10)20/h1-8H,(H2,19,21). The zero-order valence-electron chi connectivity index (χ0n) is 11.2. The molecule has 3 aromatic rings. The van der Waals surface area contributed by atoms with Crippen molar-refractivity contribution in [3.8, 4) is 0 Å². The molecule has 4 nitrogen and oxygen atoms in total. The molecule has 0 spiro atoms. The normalized spacial score (nSPS) is 10.8. The number of benzene rings is 2. The number of aromatic nitrogens is 1. The second kappa shape index (κ2) is 5.73. The number of nitrogens with two attached hydrogens (primary N) is 1. The molecule has 0 saturated heterocycles. The summed E-state index contributed by atoms with van der Waals surface area (Å²) < 4.78 is 2.31. The van der Waals surface area contributed by atoms with Gasteiger partial charge in [-0.3, -0.25) is 14.2 Å². The first-order valence-electron chi connectivity index (χ1n) is 6.38. The van der Waals surface area contributed by atoms with E-state index < -0.39 is 5.91 Å². The van der Waals surface area contributed by atoms with Crippen LogP contribution < -0.4 is 5.73 Å². The van der Waals surface area contributed by atoms with Crippen molar-refractivity contribution >= 4 is 56.9 Å². The fourth-order valence-corrected chi connectivity index (χ4v) is 3.02. The van der Waals surface area contributed by atoms with Crippen LogP contribution in [0.5, 0.6) is 0 Å². The molecule has 0 aliphatic heterocycles. The van der Waals surface area contributed by atoms with E-state index in [1.807, 2.05) is 6.07 Å². The topological polar surface area (TPSA) is 65.1 Å². The van der Waals surface area contributed by atoms with Crippen LogP contribution in [0.15, 0.2) is 48.7 Å². The van der Waals surface area contributed by atoms with Crippen LogP contribution in [0.25, 0.3) is 10.9 Å². The minimum Gasteiger partial charge on any atom is -0.366 e. The Bertz CT molecular complexity index is 918. The lowest BCUT2D eigenvalue weighted by molar-refractivity contribution is 0.0965. The largest absolute Gasteiger partial charge is 0.366 e. The predicted molar refractivity (Wildman–Crippen MR) is 94.4 cm³/mol. The van der Waals surface area contributed by atoms with E-state index >= 15 is 0 Å². The summed E-state index contributed by atoms with van der Waals surface area (Å²) in [6.45, 7) is 0. The van der Waals surface area contributed by atoms with E-state index in [2.05, 4.69) is 22.6 Å². The van der Waals surface area contributed by atoms with Gasteiger partial charge in [0.2, 0.25) is 0 Å². The molecule has 1 aromatic heterocycles. The summed E-state index contributed by atoms with van der Waals surface area (Å²) in [7, 11) is 0. The molecule has 0 aliphatic carbocycles. The van der Waals surface area contributed by atoms with Crippen LogP contribution in [0.1, 0.15) is 20.7 Å². The maximum absolute atomic E-state index is 12.8. The van der Waals surface area contributed by atoms with Gasteiger partial charge in [-0.15, -0.1) is 0 Å². The number of nitrogens with zero attached hydrogens (tertiary/aromatic N) is 1. The highest BCUT2D eigenvalue weighted by atomic mass is 127. The van der Waals surface area contributed by atoms with Gasteiger partial charge in [-0.05, 0) is 46.9 Å². The number of rotatable bonds is 2. The number of carbonyl (C=O) groups is 2. The Morgan fingerprint density at radius 3 is 2.55 bits per heavy atom. The number of primary amides is 1. The monoisotopic (exact) mass is 424 g/mol. The Morgan fingerprint density at radius 2 is 1.82 bits per heavy atom. The molecule has 110 valence electrons. The lowest BCUT2D eigenvalue weighted by atomic mass is 10.2. The summed E-state index contributed by atoms with van der Waals surface area (Å²) in [6, 6.07) is 12.3. The van der Waals surface area contributed by atoms with Crippen molar-refractivity contribution in [3.05, 3.63) is 68.4 Å². The molecule has 0 fully saturated rings. The molecule has 0 unspecified atom stereocenters. The van der Waals surface area contributed by atoms with Gasteiger partial charge < -0.3 is 5.73 Å². The van der Waals surface area contributed by atoms with E-state index in [4.69, 9.17) is 17.3 Å². The Hall–Kier alpha value is -1.86. The van der Waals surface area contributed by atoms with Crippen molar-refractivity contribution in [3.63, 3.8) is 0 Å². The second-order valence-corrected chi connectivity index (χ2v) is 6.38. The lowest BCUT2D eigenvalue weighted by Gasteiger charge is -2.06. The van der Waals surface area contributed by atoms with Gasteiger partial charge in [0.15, 0.2) is 0 Å². The number of halogens is 2. The van der Waals surface area contributed by atoms with Crippen LogP contribution >= 0.6 is 34.2 Å². The van der Waals surface area contributed by atoms with Crippen LogP contribution in [-0.4, -0.2) is 16.4 Å². The number of fused-ring (bicyclic) bond motifs is 1. The molecular formula is C16H10ClIN2O2. The van der Waals surface area contributed by atoms with Crippen molar-refractivity contribution in [2.75, 3.05) is 0 Å². The Kier molecular flexibility index (Phi) is 3.92. The molecule has 2 N–H and O–H groups in total. The number of hydrogen-bond donors (Lipinski definition) is 1. The van der Waals surface area contributed by atoms with E-state index in [0.29, 0.717) is 27.1 Å². The van der Waals surface area contributed by atoms with Crippen LogP contribution in [0.2, 0.25) is 5.02 Å². The molecule has 1 heterocycles. The number of hydrogen-bond acceptors (Lipinski definition) is 2. The SMILES string of the molecule is NC(=O)c1cn(C(=O)c2cc(I)ccc2Cl)c2ccccc12. The number of carbonyl (C=O) groups excluding carboxylic acids is 2. The molecular weight excluding hydrogens is 415 g/mol. The lowest BCUT2D eigenvalue weighted by Crippen LogP contribution is -2.13. The van der Waals surface area contributed by atoms with Crippen molar-refractivity contribution in [1.82, 2.24) is 4.57 Å². The van der Waals surface area contributed by atoms with Gasteiger partial charge in [-0.2, -0.15) is 0 Å². The van der Waals surface area contributed by atoms with Gasteiger partial charge in [0.05, 0.1) is 21.7 Å². The van der Waals surface area contributed by atoms with Gasteiger partial charge >= 0.3 is 0 Å². The molecule has 22 heavy (non-hydrogen) atoms. The van der Waals surface area contributed by atoms with E-state index in [1.165, 1.54) is 10.8 Å². The summed E-state index contributed by atoms with van der Waals surface area (Å²) in [4.78, 5) is 24.4. The minimum absolute atomic E-state index is 0.299. The maximum Gasteiger partial charge on any atom is 0.263 e. The molecule has 1 amide bonds. The van der Waals surface area contributed by atoms with Crippen molar-refractivity contribution in [2.24, 2.45) is 5.73 Å². The van der Waals surface area contributed by atoms with E-state index in [-0.39, 0.29) is 5.91 Å². The minimum atomic E-state index is -0.573. The van der Waals surface area contributed by atoms with Crippen molar-refractivity contribution in [2.45, 2.75) is 0 Å². The highest BCUT2D eigenvalue weighted by molar-refractivity contribution is 14.1. The zero-order valence-corrected chi connectivity index (χ0v) is 14.1. The fourth-order valence-electron chi connectivity index (χ4n) is 2.34. The molecule has 0 aliphatic rings. The van der Waals surface area contributed by atoms with Crippen LogP contribution in [0, 0.1) is 3.57 Å². The summed E-state index contributed by atoms with van der Waals surface area (Å²) in [5, 5.41) is 1.01. The average molecular weight is 425 g/mol. The maximum atomic E-state index is 12.8. The molecule has 3 rings (SSSR count). The predicted octanol–water partition coefficient (Wildman–Crippen LogP) is 3.69. The van der Waals surface area contributed by atoms with Gasteiger partial charge in [-0.1, -0.05) is 29.8 Å². The van der Waals surface area contributed by atoms with Gasteiger partial charge in [0, 0.05) is 15.2 Å². The first-order valence-corrected chi connectivity index (χ1v) is 7.84. The van der Waals surface area contributed by atoms with E-state index in [9.17, 15) is 9.59 Å². The Morgan fingerprint density at radius 1 is 1.09 bits per heavy atom. The third-order valence-corrected chi connectivity index (χ3v) is 4.36. The van der Waals surface area contributed by atoms with Crippen molar-refractivity contribution in [1.29, 1.82) is 0 Å². The molecule has 0 radical (unpaired) electrons. The van der Waals surface area contributed by atoms with E-state index in [0.717, 1.165) is 3.57 Å². The molecule has 0 atom stereocenters. The first kappa shape index (κ1) is 15.1. The number of para-hydroxylation sites is 1. The van der Waals surface area contributed by atoms with E-state index in [1.54, 1.807) is 36.4 Å². The summed E-state index contributed by atoms with van der Waals surface area (Å²) >= 11 is 8.25. The number of amides is 1. The second-order valence-electron chi connectivity index (χ2n) is 4.72. The molecule has 0 bridgehead atoms. The summed E-state index contributed by atoms with van der Waals surface area (Å²) in [6.07, 6.45) is 1.46.